The maximum absolute atomic E-state index is 11.7. The molecule has 24 heavy (non-hydrogen) atoms. The normalized spacial score (nSPS) is 13.9. The van der Waals surface area contributed by atoms with Crippen molar-refractivity contribution in [3.63, 3.8) is 0 Å². The fraction of sp³-hybridized carbons (Fsp3) is 0.278. The van der Waals surface area contributed by atoms with Gasteiger partial charge in [-0.15, -0.1) is 0 Å². The predicted octanol–water partition coefficient (Wildman–Crippen LogP) is 3.00. The van der Waals surface area contributed by atoms with Crippen LogP contribution in [0.5, 0.6) is 0 Å². The SMILES string of the molecule is Cc1ccn2c(CNc3ccc(NC(=O)C4CC4)nc3)cnc2c1. The van der Waals surface area contributed by atoms with Gasteiger partial charge in [0.2, 0.25) is 5.91 Å². The molecule has 6 heteroatoms. The van der Waals surface area contributed by atoms with Crippen LogP contribution in [0.1, 0.15) is 24.1 Å². The van der Waals surface area contributed by atoms with E-state index in [9.17, 15) is 4.79 Å². The number of rotatable bonds is 5. The van der Waals surface area contributed by atoms with Crippen molar-refractivity contribution in [2.45, 2.75) is 26.3 Å². The molecule has 0 spiro atoms. The Bertz CT molecular complexity index is 880. The summed E-state index contributed by atoms with van der Waals surface area (Å²) in [4.78, 5) is 20.4. The van der Waals surface area contributed by atoms with E-state index in [0.717, 1.165) is 29.9 Å². The molecule has 0 radical (unpaired) electrons. The minimum atomic E-state index is 0.0734. The molecule has 0 bridgehead atoms. The second-order valence-electron chi connectivity index (χ2n) is 6.23. The van der Waals surface area contributed by atoms with Crippen molar-refractivity contribution in [3.05, 3.63) is 54.1 Å². The van der Waals surface area contributed by atoms with Crippen molar-refractivity contribution in [2.24, 2.45) is 5.92 Å². The van der Waals surface area contributed by atoms with Crippen LogP contribution in [0, 0.1) is 12.8 Å². The number of pyridine rings is 2. The summed E-state index contributed by atoms with van der Waals surface area (Å²) in [6, 6.07) is 7.86. The first kappa shape index (κ1) is 14.7. The number of carbonyl (C=O) groups is 1. The molecule has 0 aliphatic heterocycles. The highest BCUT2D eigenvalue weighted by atomic mass is 16.2. The number of nitrogens with one attached hydrogen (secondary N) is 2. The molecule has 3 heterocycles. The van der Waals surface area contributed by atoms with Crippen LogP contribution >= 0.6 is 0 Å². The number of hydrogen-bond donors (Lipinski definition) is 2. The van der Waals surface area contributed by atoms with Gasteiger partial charge in [0.05, 0.1) is 30.3 Å². The zero-order valence-corrected chi connectivity index (χ0v) is 13.5. The molecule has 2 N–H and O–H groups in total. The Hall–Kier alpha value is -2.89. The number of aryl methyl sites for hydroxylation is 1. The van der Waals surface area contributed by atoms with E-state index in [2.05, 4.69) is 44.1 Å². The molecule has 6 nitrogen and oxygen atoms in total. The molecule has 0 unspecified atom stereocenters. The van der Waals surface area contributed by atoms with Crippen LogP contribution in [-0.4, -0.2) is 20.3 Å². The van der Waals surface area contributed by atoms with E-state index in [1.165, 1.54) is 5.56 Å². The van der Waals surface area contributed by atoms with Crippen molar-refractivity contribution in [1.29, 1.82) is 0 Å². The lowest BCUT2D eigenvalue weighted by Gasteiger charge is -2.08. The van der Waals surface area contributed by atoms with Gasteiger partial charge in [-0.25, -0.2) is 9.97 Å². The number of anilines is 2. The number of hydrogen-bond acceptors (Lipinski definition) is 4. The second-order valence-corrected chi connectivity index (χ2v) is 6.23. The largest absolute Gasteiger partial charge is 0.378 e. The highest BCUT2D eigenvalue weighted by molar-refractivity contribution is 5.93. The topological polar surface area (TPSA) is 71.3 Å². The molecular weight excluding hydrogens is 302 g/mol. The van der Waals surface area contributed by atoms with Gasteiger partial charge in [-0.1, -0.05) is 0 Å². The Morgan fingerprint density at radius 1 is 1.25 bits per heavy atom. The van der Waals surface area contributed by atoms with E-state index in [4.69, 9.17) is 0 Å². The monoisotopic (exact) mass is 321 g/mol. The third kappa shape index (κ3) is 3.08. The summed E-state index contributed by atoms with van der Waals surface area (Å²) < 4.78 is 2.07. The Morgan fingerprint density at radius 2 is 2.12 bits per heavy atom. The van der Waals surface area contributed by atoms with Crippen molar-refractivity contribution < 1.29 is 4.79 Å². The Kier molecular flexibility index (Phi) is 3.65. The number of aromatic nitrogens is 3. The number of carbonyl (C=O) groups excluding carboxylic acids is 1. The predicted molar refractivity (Wildman–Crippen MR) is 92.8 cm³/mol. The van der Waals surface area contributed by atoms with E-state index < -0.39 is 0 Å². The molecule has 1 aliphatic carbocycles. The van der Waals surface area contributed by atoms with Gasteiger partial charge in [0.25, 0.3) is 0 Å². The van der Waals surface area contributed by atoms with Crippen molar-refractivity contribution in [2.75, 3.05) is 10.6 Å². The average Bonchev–Trinajstić information content (AvgIpc) is 3.36. The molecule has 122 valence electrons. The molecular formula is C18H19N5O. The lowest BCUT2D eigenvalue weighted by molar-refractivity contribution is -0.117. The molecule has 1 fully saturated rings. The fourth-order valence-electron chi connectivity index (χ4n) is 2.60. The van der Waals surface area contributed by atoms with Crippen LogP contribution in [0.2, 0.25) is 0 Å². The molecule has 0 saturated heterocycles. The highest BCUT2D eigenvalue weighted by Crippen LogP contribution is 2.30. The summed E-state index contributed by atoms with van der Waals surface area (Å²) in [5.41, 5.74) is 4.13. The molecule has 4 rings (SSSR count). The lowest BCUT2D eigenvalue weighted by Crippen LogP contribution is -2.14. The van der Waals surface area contributed by atoms with Crippen LogP contribution < -0.4 is 10.6 Å². The van der Waals surface area contributed by atoms with Crippen LogP contribution in [0.25, 0.3) is 5.65 Å². The van der Waals surface area contributed by atoms with Gasteiger partial charge >= 0.3 is 0 Å². The maximum atomic E-state index is 11.7. The molecule has 1 saturated carbocycles. The summed E-state index contributed by atoms with van der Waals surface area (Å²) in [6.07, 6.45) is 7.62. The third-order valence-corrected chi connectivity index (χ3v) is 4.18. The van der Waals surface area contributed by atoms with Crippen LogP contribution in [0.4, 0.5) is 11.5 Å². The van der Waals surface area contributed by atoms with Crippen LogP contribution in [0.15, 0.2) is 42.9 Å². The van der Waals surface area contributed by atoms with Gasteiger partial charge < -0.3 is 15.0 Å². The number of amides is 1. The average molecular weight is 321 g/mol. The van der Waals surface area contributed by atoms with Crippen molar-refractivity contribution in [3.8, 4) is 0 Å². The Morgan fingerprint density at radius 3 is 2.88 bits per heavy atom. The molecule has 1 amide bonds. The minimum Gasteiger partial charge on any atom is -0.378 e. The first-order chi connectivity index (χ1) is 11.7. The van der Waals surface area contributed by atoms with E-state index in [1.54, 1.807) is 6.20 Å². The Balaban J connectivity index is 1.40. The smallest absolute Gasteiger partial charge is 0.228 e. The first-order valence-corrected chi connectivity index (χ1v) is 8.12. The van der Waals surface area contributed by atoms with E-state index in [1.807, 2.05) is 24.5 Å². The van der Waals surface area contributed by atoms with E-state index in [-0.39, 0.29) is 11.8 Å². The molecule has 1 aliphatic rings. The standard InChI is InChI=1S/C18H19N5O/c1-12-6-7-23-15(11-21-17(23)8-12)10-19-14-4-5-16(20-9-14)22-18(24)13-2-3-13/h4-9,11,13,19H,2-3,10H2,1H3,(H,20,22,24). The van der Waals surface area contributed by atoms with Gasteiger partial charge in [0.15, 0.2) is 0 Å². The van der Waals surface area contributed by atoms with Crippen molar-refractivity contribution >= 4 is 23.1 Å². The van der Waals surface area contributed by atoms with E-state index in [0.29, 0.717) is 12.4 Å². The zero-order valence-electron chi connectivity index (χ0n) is 13.5. The highest BCUT2D eigenvalue weighted by Gasteiger charge is 2.29. The van der Waals surface area contributed by atoms with Crippen LogP contribution in [0.3, 0.4) is 0 Å². The summed E-state index contributed by atoms with van der Waals surface area (Å²) in [7, 11) is 0. The summed E-state index contributed by atoms with van der Waals surface area (Å²) in [6.45, 7) is 2.71. The Labute approximate surface area is 139 Å². The quantitative estimate of drug-likeness (QED) is 0.758. The summed E-state index contributed by atoms with van der Waals surface area (Å²) in [5.74, 6) is 0.857. The van der Waals surface area contributed by atoms with E-state index >= 15 is 0 Å². The van der Waals surface area contributed by atoms with Gasteiger partial charge in [-0.3, -0.25) is 4.79 Å². The van der Waals surface area contributed by atoms with Gasteiger partial charge in [0.1, 0.15) is 11.5 Å². The number of imidazole rings is 1. The third-order valence-electron chi connectivity index (χ3n) is 4.18. The van der Waals surface area contributed by atoms with Crippen molar-refractivity contribution in [1.82, 2.24) is 14.4 Å². The summed E-state index contributed by atoms with van der Waals surface area (Å²) >= 11 is 0. The van der Waals surface area contributed by atoms with Gasteiger partial charge in [-0.2, -0.15) is 0 Å². The molecule has 0 aromatic carbocycles. The lowest BCUT2D eigenvalue weighted by atomic mass is 10.3. The molecule has 3 aromatic rings. The van der Waals surface area contributed by atoms with Gasteiger partial charge in [-0.05, 0) is 49.6 Å². The number of nitrogens with zero attached hydrogens (tertiary/aromatic N) is 3. The molecule has 3 aromatic heterocycles. The fourth-order valence-corrected chi connectivity index (χ4v) is 2.60. The van der Waals surface area contributed by atoms with Gasteiger partial charge in [0, 0.05) is 12.1 Å². The number of fused-ring (bicyclic) bond motifs is 1. The first-order valence-electron chi connectivity index (χ1n) is 8.12. The minimum absolute atomic E-state index is 0.0734. The van der Waals surface area contributed by atoms with Crippen LogP contribution in [-0.2, 0) is 11.3 Å². The zero-order chi connectivity index (χ0) is 16.5. The second kappa shape index (κ2) is 5.96. The summed E-state index contributed by atoms with van der Waals surface area (Å²) in [5, 5.41) is 6.17. The molecule has 0 atom stereocenters. The maximum Gasteiger partial charge on any atom is 0.228 e.